The number of anilines is 1. The second-order valence-electron chi connectivity index (χ2n) is 6.22. The largest absolute Gasteiger partial charge is 0.489 e. The molecule has 6 heteroatoms. The van der Waals surface area contributed by atoms with E-state index in [2.05, 4.69) is 5.32 Å². The molecule has 0 saturated heterocycles. The van der Waals surface area contributed by atoms with E-state index in [0.29, 0.717) is 17.0 Å². The first-order chi connectivity index (χ1) is 11.5. The van der Waals surface area contributed by atoms with Crippen LogP contribution in [0.5, 0.6) is 5.75 Å². The lowest BCUT2D eigenvalue weighted by Gasteiger charge is -2.20. The number of amides is 1. The molecule has 1 N–H and O–H groups in total. The Kier molecular flexibility index (Phi) is 4.81. The highest BCUT2D eigenvalue weighted by molar-refractivity contribution is 6.29. The van der Waals surface area contributed by atoms with E-state index >= 15 is 0 Å². The van der Waals surface area contributed by atoms with Crippen LogP contribution in [0.1, 0.15) is 37.8 Å². The minimum Gasteiger partial charge on any atom is -0.489 e. The second kappa shape index (κ2) is 6.85. The summed E-state index contributed by atoms with van der Waals surface area (Å²) >= 11 is 5.61. The molecular weight excluding hydrogens is 330 g/mol. The van der Waals surface area contributed by atoms with E-state index in [1.165, 1.54) is 0 Å². The van der Waals surface area contributed by atoms with E-state index < -0.39 is 0 Å². The van der Waals surface area contributed by atoms with Crippen molar-refractivity contribution in [1.82, 2.24) is 0 Å². The van der Waals surface area contributed by atoms with Crippen LogP contribution in [-0.4, -0.2) is 17.9 Å². The number of ether oxygens (including phenoxy) is 1. The van der Waals surface area contributed by atoms with Gasteiger partial charge < -0.3 is 14.5 Å². The van der Waals surface area contributed by atoms with Crippen LogP contribution in [0.4, 0.5) is 5.69 Å². The van der Waals surface area contributed by atoms with Crippen molar-refractivity contribution in [3.8, 4) is 5.75 Å². The Morgan fingerprint density at radius 1 is 1.29 bits per heavy atom. The molecule has 0 unspecified atom stereocenters. The van der Waals surface area contributed by atoms with Crippen molar-refractivity contribution in [3.63, 3.8) is 0 Å². The van der Waals surface area contributed by atoms with Crippen LogP contribution < -0.4 is 15.7 Å². The molecule has 0 fully saturated rings. The summed E-state index contributed by atoms with van der Waals surface area (Å²) in [5.41, 5.74) is 2.17. The van der Waals surface area contributed by atoms with Gasteiger partial charge in [-0.3, -0.25) is 4.79 Å². The molecule has 1 heterocycles. The maximum Gasteiger partial charge on any atom is 0.339 e. The molecule has 1 aliphatic rings. The Hall–Kier alpha value is -2.01. The van der Waals surface area contributed by atoms with Gasteiger partial charge in [-0.15, -0.1) is 11.6 Å². The molecular formula is C18H20ClNO4. The minimum absolute atomic E-state index is 0.0848. The van der Waals surface area contributed by atoms with Gasteiger partial charge in [0.25, 0.3) is 0 Å². The number of nitrogens with one attached hydrogen (secondary N) is 1. The highest BCUT2D eigenvalue weighted by Crippen LogP contribution is 2.37. The van der Waals surface area contributed by atoms with Gasteiger partial charge in [-0.1, -0.05) is 0 Å². The van der Waals surface area contributed by atoms with Gasteiger partial charge in [0.1, 0.15) is 17.3 Å². The van der Waals surface area contributed by atoms with Crippen molar-refractivity contribution in [1.29, 1.82) is 0 Å². The molecule has 0 atom stereocenters. The van der Waals surface area contributed by atoms with Crippen molar-refractivity contribution in [2.45, 2.75) is 45.6 Å². The minimum atomic E-state index is -0.377. The first-order valence-electron chi connectivity index (χ1n) is 8.15. The van der Waals surface area contributed by atoms with E-state index in [-0.39, 0.29) is 23.5 Å². The van der Waals surface area contributed by atoms with Crippen LogP contribution in [0.25, 0.3) is 11.0 Å². The number of aryl methyl sites for hydroxylation is 1. The number of rotatable bonds is 4. The van der Waals surface area contributed by atoms with Crippen LogP contribution in [0.2, 0.25) is 0 Å². The predicted molar refractivity (Wildman–Crippen MR) is 94.2 cm³/mol. The summed E-state index contributed by atoms with van der Waals surface area (Å²) in [6.07, 6.45) is 3.53. The van der Waals surface area contributed by atoms with Gasteiger partial charge in [-0.05, 0) is 57.2 Å². The number of hydrogen-bond donors (Lipinski definition) is 1. The molecule has 128 valence electrons. The fraction of sp³-hybridized carbons (Fsp3) is 0.444. The summed E-state index contributed by atoms with van der Waals surface area (Å²) in [5, 5.41) is 3.57. The van der Waals surface area contributed by atoms with Gasteiger partial charge in [0.2, 0.25) is 5.91 Å². The Labute approximate surface area is 144 Å². The van der Waals surface area contributed by atoms with E-state index in [4.69, 9.17) is 20.8 Å². The summed E-state index contributed by atoms with van der Waals surface area (Å²) in [4.78, 5) is 24.2. The topological polar surface area (TPSA) is 68.5 Å². The van der Waals surface area contributed by atoms with Crippen molar-refractivity contribution in [3.05, 3.63) is 33.7 Å². The molecule has 5 nitrogen and oxygen atoms in total. The van der Waals surface area contributed by atoms with Crippen molar-refractivity contribution in [2.75, 3.05) is 11.2 Å². The highest BCUT2D eigenvalue weighted by Gasteiger charge is 2.22. The highest BCUT2D eigenvalue weighted by atomic mass is 35.5. The molecule has 2 aromatic rings. The summed E-state index contributed by atoms with van der Waals surface area (Å²) < 4.78 is 11.3. The van der Waals surface area contributed by atoms with Crippen LogP contribution in [0, 0.1) is 0 Å². The van der Waals surface area contributed by atoms with Crippen LogP contribution in [-0.2, 0) is 17.6 Å². The summed E-state index contributed by atoms with van der Waals surface area (Å²) in [7, 11) is 0. The number of halogens is 1. The van der Waals surface area contributed by atoms with Gasteiger partial charge in [0, 0.05) is 10.9 Å². The van der Waals surface area contributed by atoms with Gasteiger partial charge in [-0.2, -0.15) is 0 Å². The third-order valence-corrected chi connectivity index (χ3v) is 4.34. The third kappa shape index (κ3) is 3.13. The van der Waals surface area contributed by atoms with E-state index in [1.54, 1.807) is 6.07 Å². The molecule has 0 bridgehead atoms. The third-order valence-electron chi connectivity index (χ3n) is 4.10. The smallest absolute Gasteiger partial charge is 0.339 e. The normalized spacial score (nSPS) is 13.8. The van der Waals surface area contributed by atoms with Gasteiger partial charge in [-0.25, -0.2) is 4.79 Å². The predicted octanol–water partition coefficient (Wildman–Crippen LogP) is 3.64. The molecule has 0 saturated carbocycles. The van der Waals surface area contributed by atoms with Crippen molar-refractivity contribution < 1.29 is 13.9 Å². The second-order valence-corrected chi connectivity index (χ2v) is 6.48. The first kappa shape index (κ1) is 16.8. The summed E-state index contributed by atoms with van der Waals surface area (Å²) in [6, 6.07) is 3.71. The molecule has 1 aromatic carbocycles. The summed E-state index contributed by atoms with van der Waals surface area (Å²) in [6.45, 7) is 3.78. The molecule has 3 rings (SSSR count). The first-order valence-corrected chi connectivity index (χ1v) is 8.68. The molecule has 1 aromatic heterocycles. The Bertz CT molecular complexity index is 841. The van der Waals surface area contributed by atoms with E-state index in [1.807, 2.05) is 19.9 Å². The number of carbonyl (C=O) groups is 1. The quantitative estimate of drug-likeness (QED) is 0.676. The molecule has 1 aliphatic carbocycles. The maximum atomic E-state index is 12.4. The number of alkyl halides is 1. The average Bonchev–Trinajstić information content (AvgIpc) is 2.57. The van der Waals surface area contributed by atoms with Gasteiger partial charge in [0.15, 0.2) is 5.58 Å². The average molecular weight is 350 g/mol. The zero-order valence-electron chi connectivity index (χ0n) is 13.8. The van der Waals surface area contributed by atoms with Crippen LogP contribution in [0.3, 0.4) is 0 Å². The number of hydrogen-bond acceptors (Lipinski definition) is 4. The van der Waals surface area contributed by atoms with Gasteiger partial charge >= 0.3 is 5.63 Å². The van der Waals surface area contributed by atoms with Crippen LogP contribution >= 0.6 is 11.6 Å². The lowest BCUT2D eigenvalue weighted by Crippen LogP contribution is -2.19. The molecule has 1 amide bonds. The maximum absolute atomic E-state index is 12.4. The van der Waals surface area contributed by atoms with Crippen molar-refractivity contribution >= 4 is 34.2 Å². The Morgan fingerprint density at radius 3 is 2.67 bits per heavy atom. The number of carbonyl (C=O) groups excluding carboxylic acids is 1. The molecule has 0 spiro atoms. The van der Waals surface area contributed by atoms with Crippen LogP contribution in [0.15, 0.2) is 21.3 Å². The Morgan fingerprint density at radius 2 is 2.00 bits per heavy atom. The SMILES string of the molecule is CC(C)Oc1ccc2c3c(c(=O)oc2c1NC(=O)CCl)CCCC3. The lowest BCUT2D eigenvalue weighted by atomic mass is 9.90. The zero-order valence-corrected chi connectivity index (χ0v) is 14.5. The van der Waals surface area contributed by atoms with E-state index in [9.17, 15) is 9.59 Å². The lowest BCUT2D eigenvalue weighted by molar-refractivity contribution is -0.113. The zero-order chi connectivity index (χ0) is 17.3. The molecule has 0 radical (unpaired) electrons. The number of benzene rings is 1. The van der Waals surface area contributed by atoms with Crippen molar-refractivity contribution in [2.24, 2.45) is 0 Å². The molecule has 24 heavy (non-hydrogen) atoms. The Balaban J connectivity index is 2.26. The molecule has 0 aliphatic heterocycles. The standard InChI is InChI=1S/C18H20ClNO4/c1-10(2)23-14-8-7-12-11-5-3-4-6-13(11)18(22)24-17(12)16(14)20-15(21)9-19/h7-8,10H,3-6,9H2,1-2H3,(H,20,21). The van der Waals surface area contributed by atoms with Gasteiger partial charge in [0.05, 0.1) is 6.10 Å². The van der Waals surface area contributed by atoms with E-state index in [0.717, 1.165) is 42.2 Å². The number of fused-ring (bicyclic) bond motifs is 3. The monoisotopic (exact) mass is 349 g/mol. The fourth-order valence-corrected chi connectivity index (χ4v) is 3.20. The fourth-order valence-electron chi connectivity index (χ4n) is 3.13. The summed E-state index contributed by atoms with van der Waals surface area (Å²) in [5.74, 6) is -0.0971.